The van der Waals surface area contributed by atoms with Crippen molar-refractivity contribution in [3.63, 3.8) is 0 Å². The third-order valence-corrected chi connectivity index (χ3v) is 4.32. The predicted molar refractivity (Wildman–Crippen MR) is 61.1 cm³/mol. The summed E-state index contributed by atoms with van der Waals surface area (Å²) in [7, 11) is -3.22. The van der Waals surface area contributed by atoms with Gasteiger partial charge in [-0.05, 0) is 23.6 Å². The summed E-state index contributed by atoms with van der Waals surface area (Å²) in [6.07, 6.45) is 3.45. The second-order valence-electron chi connectivity index (χ2n) is 3.94. The highest BCUT2D eigenvalue weighted by Crippen LogP contribution is 2.17. The van der Waals surface area contributed by atoms with Gasteiger partial charge in [0.2, 0.25) is 0 Å². The molecule has 0 aliphatic carbocycles. The topological polar surface area (TPSA) is 62.3 Å². The summed E-state index contributed by atoms with van der Waals surface area (Å²) in [6, 6.07) is 3.83. The minimum atomic E-state index is -3.22. The molecule has 1 atom stereocenters. The predicted octanol–water partition coefficient (Wildman–Crippen LogP) is 0.335. The van der Waals surface area contributed by atoms with Crippen LogP contribution in [0.1, 0.15) is 18.4 Å². The number of nitrogens with zero attached hydrogens (tertiary/aromatic N) is 2. The fourth-order valence-corrected chi connectivity index (χ4v) is 3.09. The van der Waals surface area contributed by atoms with Crippen LogP contribution in [0.4, 0.5) is 0 Å². The van der Waals surface area contributed by atoms with Crippen LogP contribution in [0.25, 0.3) is 0 Å². The summed E-state index contributed by atoms with van der Waals surface area (Å²) < 4.78 is 27.0. The maximum Gasteiger partial charge on any atom is 0.279 e. The third-order valence-electron chi connectivity index (χ3n) is 2.74. The molecule has 1 fully saturated rings. The smallest absolute Gasteiger partial charge is 0.265 e. The molecule has 2 heterocycles. The summed E-state index contributed by atoms with van der Waals surface area (Å²) in [5.41, 5.74) is 1.11. The molecule has 16 heavy (non-hydrogen) atoms. The van der Waals surface area contributed by atoms with E-state index < -0.39 is 10.2 Å². The first-order valence-corrected chi connectivity index (χ1v) is 6.68. The molecule has 1 unspecified atom stereocenters. The first-order chi connectivity index (χ1) is 7.59. The van der Waals surface area contributed by atoms with E-state index in [-0.39, 0.29) is 5.92 Å². The van der Waals surface area contributed by atoms with Gasteiger partial charge in [0.1, 0.15) is 0 Å². The SMILES string of the molecule is CC(CN1CCNS1(=O)=O)c1ccncc1. The van der Waals surface area contributed by atoms with Crippen LogP contribution in [0.3, 0.4) is 0 Å². The van der Waals surface area contributed by atoms with Crippen LogP contribution in [0.15, 0.2) is 24.5 Å². The summed E-state index contributed by atoms with van der Waals surface area (Å²) in [5.74, 6) is 0.178. The highest BCUT2D eigenvalue weighted by atomic mass is 32.2. The molecule has 88 valence electrons. The Hall–Kier alpha value is -0.980. The van der Waals surface area contributed by atoms with E-state index in [2.05, 4.69) is 9.71 Å². The van der Waals surface area contributed by atoms with Crippen molar-refractivity contribution in [1.29, 1.82) is 0 Å². The highest BCUT2D eigenvalue weighted by Gasteiger charge is 2.28. The number of hydrogen-bond acceptors (Lipinski definition) is 3. The molecular formula is C10H15N3O2S. The van der Waals surface area contributed by atoms with Gasteiger partial charge in [0.15, 0.2) is 0 Å². The zero-order chi connectivity index (χ0) is 11.6. The lowest BCUT2D eigenvalue weighted by molar-refractivity contribution is 0.426. The van der Waals surface area contributed by atoms with Gasteiger partial charge in [-0.1, -0.05) is 6.92 Å². The van der Waals surface area contributed by atoms with Crippen LogP contribution in [-0.2, 0) is 10.2 Å². The molecule has 1 aromatic heterocycles. The Labute approximate surface area is 95.7 Å². The van der Waals surface area contributed by atoms with E-state index in [4.69, 9.17) is 0 Å². The van der Waals surface area contributed by atoms with Gasteiger partial charge in [-0.15, -0.1) is 0 Å². The second kappa shape index (κ2) is 4.48. The fourth-order valence-electron chi connectivity index (χ4n) is 1.80. The molecular weight excluding hydrogens is 226 g/mol. The average molecular weight is 241 g/mol. The van der Waals surface area contributed by atoms with E-state index in [0.717, 1.165) is 5.56 Å². The largest absolute Gasteiger partial charge is 0.279 e. The standard InChI is InChI=1S/C10H15N3O2S/c1-9(10-2-4-11-5-3-10)8-13-7-6-12-16(13,14)15/h2-5,9,12H,6-8H2,1H3. The molecule has 1 aliphatic rings. The Morgan fingerprint density at radius 1 is 1.50 bits per heavy atom. The molecule has 0 spiro atoms. The van der Waals surface area contributed by atoms with E-state index in [9.17, 15) is 8.42 Å². The number of pyridine rings is 1. The van der Waals surface area contributed by atoms with Crippen molar-refractivity contribution in [1.82, 2.24) is 14.0 Å². The summed E-state index contributed by atoms with van der Waals surface area (Å²) in [5, 5.41) is 0. The molecule has 0 amide bonds. The maximum atomic E-state index is 11.5. The second-order valence-corrected chi connectivity index (χ2v) is 5.69. The van der Waals surface area contributed by atoms with Crippen LogP contribution in [0.2, 0.25) is 0 Å². The average Bonchev–Trinajstić information content (AvgIpc) is 2.59. The van der Waals surface area contributed by atoms with Gasteiger partial charge < -0.3 is 0 Å². The number of rotatable bonds is 3. The van der Waals surface area contributed by atoms with Crippen LogP contribution >= 0.6 is 0 Å². The molecule has 1 N–H and O–H groups in total. The van der Waals surface area contributed by atoms with Crippen molar-refractivity contribution in [3.8, 4) is 0 Å². The minimum absolute atomic E-state index is 0.178. The maximum absolute atomic E-state index is 11.5. The number of hydrogen-bond donors (Lipinski definition) is 1. The monoisotopic (exact) mass is 241 g/mol. The molecule has 1 aliphatic heterocycles. The van der Waals surface area contributed by atoms with E-state index in [1.54, 1.807) is 12.4 Å². The van der Waals surface area contributed by atoms with Gasteiger partial charge in [-0.2, -0.15) is 12.7 Å². The molecule has 0 radical (unpaired) electrons. The number of nitrogens with one attached hydrogen (secondary N) is 1. The van der Waals surface area contributed by atoms with Crippen molar-refractivity contribution in [2.24, 2.45) is 0 Å². The lowest BCUT2D eigenvalue weighted by Gasteiger charge is -2.18. The molecule has 0 bridgehead atoms. The fraction of sp³-hybridized carbons (Fsp3) is 0.500. The quantitative estimate of drug-likeness (QED) is 0.830. The molecule has 2 rings (SSSR count). The third kappa shape index (κ3) is 2.40. The van der Waals surface area contributed by atoms with Gasteiger partial charge in [-0.3, -0.25) is 4.98 Å². The number of aromatic nitrogens is 1. The van der Waals surface area contributed by atoms with Crippen molar-refractivity contribution in [2.45, 2.75) is 12.8 Å². The summed E-state index contributed by atoms with van der Waals surface area (Å²) in [4.78, 5) is 3.94. The van der Waals surface area contributed by atoms with Gasteiger partial charge in [0.25, 0.3) is 10.2 Å². The lowest BCUT2D eigenvalue weighted by atomic mass is 10.0. The van der Waals surface area contributed by atoms with E-state index in [1.165, 1.54) is 4.31 Å². The lowest BCUT2D eigenvalue weighted by Crippen LogP contribution is -2.32. The van der Waals surface area contributed by atoms with Gasteiger partial charge in [-0.25, -0.2) is 4.72 Å². The highest BCUT2D eigenvalue weighted by molar-refractivity contribution is 7.87. The first-order valence-electron chi connectivity index (χ1n) is 5.24. The van der Waals surface area contributed by atoms with Gasteiger partial charge in [0, 0.05) is 32.0 Å². The van der Waals surface area contributed by atoms with E-state index in [1.807, 2.05) is 19.1 Å². The van der Waals surface area contributed by atoms with Crippen LogP contribution in [-0.4, -0.2) is 37.3 Å². The minimum Gasteiger partial charge on any atom is -0.265 e. The zero-order valence-corrected chi connectivity index (χ0v) is 9.94. The van der Waals surface area contributed by atoms with Gasteiger partial charge >= 0.3 is 0 Å². The van der Waals surface area contributed by atoms with Crippen molar-refractivity contribution >= 4 is 10.2 Å². The van der Waals surface area contributed by atoms with Crippen LogP contribution < -0.4 is 4.72 Å². The molecule has 5 nitrogen and oxygen atoms in total. The molecule has 1 aromatic rings. The van der Waals surface area contributed by atoms with E-state index in [0.29, 0.717) is 19.6 Å². The van der Waals surface area contributed by atoms with Crippen LogP contribution in [0.5, 0.6) is 0 Å². The van der Waals surface area contributed by atoms with Crippen LogP contribution in [0, 0.1) is 0 Å². The summed E-state index contributed by atoms with van der Waals surface area (Å²) >= 11 is 0. The van der Waals surface area contributed by atoms with Gasteiger partial charge in [0.05, 0.1) is 0 Å². The first kappa shape index (κ1) is 11.5. The Morgan fingerprint density at radius 3 is 2.75 bits per heavy atom. The molecule has 6 heteroatoms. The summed E-state index contributed by atoms with van der Waals surface area (Å²) in [6.45, 7) is 3.59. The van der Waals surface area contributed by atoms with Crippen molar-refractivity contribution in [2.75, 3.05) is 19.6 Å². The molecule has 1 saturated heterocycles. The normalized spacial score (nSPS) is 22.1. The Bertz CT molecular complexity index is 446. The van der Waals surface area contributed by atoms with E-state index >= 15 is 0 Å². The Balaban J connectivity index is 2.06. The van der Waals surface area contributed by atoms with Crippen molar-refractivity contribution in [3.05, 3.63) is 30.1 Å². The Morgan fingerprint density at radius 2 is 2.19 bits per heavy atom. The molecule has 0 aromatic carbocycles. The Kier molecular flexibility index (Phi) is 3.22. The zero-order valence-electron chi connectivity index (χ0n) is 9.13. The molecule has 0 saturated carbocycles. The van der Waals surface area contributed by atoms with Crippen molar-refractivity contribution < 1.29 is 8.42 Å².